The Balaban J connectivity index is 0.00000169. The first kappa shape index (κ1) is 13.9. The fourth-order valence-corrected chi connectivity index (χ4v) is 1.61. The zero-order valence-electron chi connectivity index (χ0n) is 8.50. The molecule has 1 nitrogen and oxygen atoms in total. The Hall–Kier alpha value is -0.0800. The van der Waals surface area contributed by atoms with Crippen LogP contribution in [0.1, 0.15) is 26.2 Å². The molecule has 0 aliphatic rings. The van der Waals surface area contributed by atoms with Gasteiger partial charge in [-0.3, -0.25) is 0 Å². The van der Waals surface area contributed by atoms with Crippen molar-refractivity contribution < 1.29 is 17.0 Å². The average molecular weight is 279 g/mol. The van der Waals surface area contributed by atoms with E-state index in [0.29, 0.717) is 4.83 Å². The van der Waals surface area contributed by atoms with Crippen molar-refractivity contribution in [3.63, 3.8) is 0 Å². The molecule has 1 aromatic rings. The molecular formula is C11H17BrClN. The second kappa shape index (κ2) is 8.25. The monoisotopic (exact) mass is 277 g/mol. The normalized spacial score (nSPS) is 11.9. The molecule has 1 unspecified atom stereocenters. The Bertz CT molecular complexity index is 228. The quantitative estimate of drug-likeness (QED) is 0.525. The van der Waals surface area contributed by atoms with Gasteiger partial charge in [-0.15, -0.1) is 0 Å². The minimum absolute atomic E-state index is 0. The van der Waals surface area contributed by atoms with Gasteiger partial charge < -0.3 is 12.4 Å². The molecule has 0 N–H and O–H groups in total. The molecule has 1 aromatic heterocycles. The molecule has 0 aliphatic heterocycles. The SMILES string of the molecule is CCC(Br)CCC[n+]1ccccc1.[Cl-]. The van der Waals surface area contributed by atoms with Crippen molar-refractivity contribution in [3.05, 3.63) is 30.6 Å². The molecule has 0 bridgehead atoms. The Kier molecular flexibility index (Phi) is 8.20. The molecule has 14 heavy (non-hydrogen) atoms. The summed E-state index contributed by atoms with van der Waals surface area (Å²) < 4.78 is 2.23. The lowest BCUT2D eigenvalue weighted by Crippen LogP contribution is -3.00. The van der Waals surface area contributed by atoms with Crippen molar-refractivity contribution in [2.75, 3.05) is 0 Å². The van der Waals surface area contributed by atoms with Gasteiger partial charge in [0.1, 0.15) is 6.54 Å². The molecule has 0 radical (unpaired) electrons. The van der Waals surface area contributed by atoms with Crippen molar-refractivity contribution in [3.8, 4) is 0 Å². The number of pyridine rings is 1. The summed E-state index contributed by atoms with van der Waals surface area (Å²) in [6.07, 6.45) is 7.97. The first-order valence-corrected chi connectivity index (χ1v) is 5.82. The first-order valence-electron chi connectivity index (χ1n) is 4.91. The molecule has 0 saturated heterocycles. The summed E-state index contributed by atoms with van der Waals surface area (Å²) in [6.45, 7) is 3.35. The predicted octanol–water partition coefficient (Wildman–Crippen LogP) is -0.0682. The molecule has 1 heterocycles. The second-order valence-corrected chi connectivity index (χ2v) is 4.56. The summed E-state index contributed by atoms with van der Waals surface area (Å²) in [7, 11) is 0. The van der Waals surface area contributed by atoms with Crippen molar-refractivity contribution in [1.29, 1.82) is 0 Å². The highest BCUT2D eigenvalue weighted by Crippen LogP contribution is 2.10. The summed E-state index contributed by atoms with van der Waals surface area (Å²) in [4.78, 5) is 0.691. The number of alkyl halides is 1. The van der Waals surface area contributed by atoms with Crippen LogP contribution in [0.15, 0.2) is 30.6 Å². The maximum Gasteiger partial charge on any atom is 0.168 e. The Morgan fingerprint density at radius 3 is 2.43 bits per heavy atom. The zero-order valence-corrected chi connectivity index (χ0v) is 10.8. The molecule has 0 spiro atoms. The number of aryl methyl sites for hydroxylation is 1. The van der Waals surface area contributed by atoms with E-state index in [9.17, 15) is 0 Å². The Morgan fingerprint density at radius 2 is 1.86 bits per heavy atom. The number of nitrogens with zero attached hydrogens (tertiary/aromatic N) is 1. The van der Waals surface area contributed by atoms with Gasteiger partial charge in [0.05, 0.1) is 0 Å². The van der Waals surface area contributed by atoms with Crippen LogP contribution in [0.4, 0.5) is 0 Å². The highest BCUT2D eigenvalue weighted by molar-refractivity contribution is 9.09. The highest BCUT2D eigenvalue weighted by atomic mass is 79.9. The fraction of sp³-hybridized carbons (Fsp3) is 0.545. The molecular weight excluding hydrogens is 261 g/mol. The molecule has 0 amide bonds. The van der Waals surface area contributed by atoms with E-state index in [-0.39, 0.29) is 12.4 Å². The van der Waals surface area contributed by atoms with E-state index in [4.69, 9.17) is 0 Å². The maximum absolute atomic E-state index is 3.64. The maximum atomic E-state index is 3.64. The van der Waals surface area contributed by atoms with Crippen LogP contribution < -0.4 is 17.0 Å². The highest BCUT2D eigenvalue weighted by Gasteiger charge is 2.02. The average Bonchev–Trinajstić information content (AvgIpc) is 2.19. The van der Waals surface area contributed by atoms with Crippen molar-refractivity contribution in [1.82, 2.24) is 0 Å². The zero-order chi connectivity index (χ0) is 9.52. The van der Waals surface area contributed by atoms with Crippen LogP contribution in [0.2, 0.25) is 0 Å². The number of aromatic nitrogens is 1. The van der Waals surface area contributed by atoms with E-state index >= 15 is 0 Å². The third-order valence-electron chi connectivity index (χ3n) is 2.15. The van der Waals surface area contributed by atoms with Crippen molar-refractivity contribution >= 4 is 15.9 Å². The van der Waals surface area contributed by atoms with E-state index < -0.39 is 0 Å². The van der Waals surface area contributed by atoms with Crippen LogP contribution in [0.3, 0.4) is 0 Å². The molecule has 3 heteroatoms. The Morgan fingerprint density at radius 1 is 1.21 bits per heavy atom. The second-order valence-electron chi connectivity index (χ2n) is 3.26. The lowest BCUT2D eigenvalue weighted by atomic mass is 10.2. The molecule has 1 rings (SSSR count). The fourth-order valence-electron chi connectivity index (χ4n) is 1.28. The molecule has 0 saturated carbocycles. The number of hydrogen-bond acceptors (Lipinski definition) is 0. The van der Waals surface area contributed by atoms with Gasteiger partial charge in [-0.05, 0) is 12.8 Å². The van der Waals surface area contributed by atoms with E-state index in [1.807, 2.05) is 0 Å². The van der Waals surface area contributed by atoms with E-state index in [2.05, 4.69) is 58.0 Å². The van der Waals surface area contributed by atoms with Crippen LogP contribution in [0.25, 0.3) is 0 Å². The minimum atomic E-state index is 0. The summed E-state index contributed by atoms with van der Waals surface area (Å²) >= 11 is 3.64. The van der Waals surface area contributed by atoms with Crippen LogP contribution in [-0.2, 0) is 6.54 Å². The first-order chi connectivity index (χ1) is 6.33. The van der Waals surface area contributed by atoms with Crippen LogP contribution >= 0.6 is 15.9 Å². The smallest absolute Gasteiger partial charge is 0.168 e. The predicted molar refractivity (Wildman–Crippen MR) is 58.9 cm³/mol. The van der Waals surface area contributed by atoms with Gasteiger partial charge in [-0.2, -0.15) is 0 Å². The van der Waals surface area contributed by atoms with E-state index in [0.717, 1.165) is 6.54 Å². The molecule has 0 aromatic carbocycles. The van der Waals surface area contributed by atoms with E-state index in [1.165, 1.54) is 19.3 Å². The minimum Gasteiger partial charge on any atom is -1.00 e. The topological polar surface area (TPSA) is 3.88 Å². The molecule has 80 valence electrons. The van der Waals surface area contributed by atoms with E-state index in [1.54, 1.807) is 0 Å². The van der Waals surface area contributed by atoms with Gasteiger partial charge in [0.25, 0.3) is 0 Å². The van der Waals surface area contributed by atoms with Gasteiger partial charge >= 0.3 is 0 Å². The third-order valence-corrected chi connectivity index (χ3v) is 3.26. The van der Waals surface area contributed by atoms with Crippen molar-refractivity contribution in [2.45, 2.75) is 37.6 Å². The van der Waals surface area contributed by atoms with Crippen LogP contribution in [-0.4, -0.2) is 4.83 Å². The summed E-state index contributed by atoms with van der Waals surface area (Å²) in [6, 6.07) is 6.20. The summed E-state index contributed by atoms with van der Waals surface area (Å²) in [5.74, 6) is 0. The van der Waals surface area contributed by atoms with Gasteiger partial charge in [-0.25, -0.2) is 4.57 Å². The van der Waals surface area contributed by atoms with Crippen LogP contribution in [0.5, 0.6) is 0 Å². The number of halogens is 2. The van der Waals surface area contributed by atoms with Gasteiger partial charge in [0, 0.05) is 23.4 Å². The lowest BCUT2D eigenvalue weighted by molar-refractivity contribution is -0.697. The number of rotatable bonds is 5. The molecule has 0 aliphatic carbocycles. The molecule has 0 fully saturated rings. The summed E-state index contributed by atoms with van der Waals surface area (Å²) in [5.41, 5.74) is 0. The van der Waals surface area contributed by atoms with Crippen LogP contribution in [0, 0.1) is 0 Å². The number of hydrogen-bond donors (Lipinski definition) is 0. The largest absolute Gasteiger partial charge is 1.00 e. The van der Waals surface area contributed by atoms with Gasteiger partial charge in [0.15, 0.2) is 12.4 Å². The third kappa shape index (κ3) is 5.61. The summed E-state index contributed by atoms with van der Waals surface area (Å²) in [5, 5.41) is 0. The lowest BCUT2D eigenvalue weighted by Gasteiger charge is -2.03. The van der Waals surface area contributed by atoms with Gasteiger partial charge in [-0.1, -0.05) is 28.9 Å². The molecule has 1 atom stereocenters. The van der Waals surface area contributed by atoms with Crippen molar-refractivity contribution in [2.24, 2.45) is 0 Å². The Labute approximate surface area is 101 Å². The standard InChI is InChI=1S/C11H17BrN.ClH/c1-2-11(12)7-6-10-13-8-4-3-5-9-13;/h3-5,8-9,11H,2,6-7,10H2,1H3;1H/q+1;/p-1. The van der Waals surface area contributed by atoms with Gasteiger partial charge in [0.2, 0.25) is 0 Å².